The lowest BCUT2D eigenvalue weighted by atomic mass is 10.2. The van der Waals surface area contributed by atoms with Crippen LogP contribution in [0, 0.1) is 6.92 Å². The van der Waals surface area contributed by atoms with Crippen molar-refractivity contribution in [2.75, 3.05) is 17.4 Å². The molecule has 8 heteroatoms. The average Bonchev–Trinajstić information content (AvgIpc) is 3.14. The van der Waals surface area contributed by atoms with Crippen molar-refractivity contribution in [3.05, 3.63) is 64.7 Å². The third-order valence-electron chi connectivity index (χ3n) is 4.00. The van der Waals surface area contributed by atoms with E-state index in [1.807, 2.05) is 25.1 Å². The Hall–Kier alpha value is -3.32. The molecule has 2 heterocycles. The summed E-state index contributed by atoms with van der Waals surface area (Å²) in [5, 5.41) is 14.6. The van der Waals surface area contributed by atoms with E-state index < -0.39 is 0 Å². The number of halogens is 1. The van der Waals surface area contributed by atoms with E-state index in [0.717, 1.165) is 11.3 Å². The van der Waals surface area contributed by atoms with Crippen LogP contribution in [0.2, 0.25) is 5.02 Å². The molecule has 7 nitrogen and oxygen atoms in total. The molecule has 0 fully saturated rings. The molecule has 4 rings (SSSR count). The van der Waals surface area contributed by atoms with E-state index in [0.29, 0.717) is 33.7 Å². The fraction of sp³-hybridized carbons (Fsp3) is 0.105. The minimum Gasteiger partial charge on any atom is -0.454 e. The zero-order chi connectivity index (χ0) is 18.8. The molecule has 0 atom stereocenters. The Morgan fingerprint density at radius 3 is 2.59 bits per heavy atom. The largest absolute Gasteiger partial charge is 0.454 e. The van der Waals surface area contributed by atoms with Crippen LogP contribution in [-0.2, 0) is 0 Å². The van der Waals surface area contributed by atoms with Gasteiger partial charge in [0.1, 0.15) is 0 Å². The second kappa shape index (κ2) is 7.13. The number of hydrogen-bond donors (Lipinski definition) is 2. The summed E-state index contributed by atoms with van der Waals surface area (Å²) in [5.74, 6) is 1.74. The number of anilines is 3. The minimum atomic E-state index is -0.311. The smallest absolute Gasteiger partial charge is 0.257 e. The van der Waals surface area contributed by atoms with Crippen molar-refractivity contribution in [2.45, 2.75) is 6.92 Å². The molecule has 0 saturated heterocycles. The molecule has 1 aliphatic rings. The minimum absolute atomic E-state index is 0.159. The van der Waals surface area contributed by atoms with E-state index in [4.69, 9.17) is 21.1 Å². The summed E-state index contributed by atoms with van der Waals surface area (Å²) in [6.45, 7) is 2.12. The summed E-state index contributed by atoms with van der Waals surface area (Å²) in [7, 11) is 0. The first-order valence-electron chi connectivity index (χ1n) is 8.16. The van der Waals surface area contributed by atoms with Crippen LogP contribution in [0.3, 0.4) is 0 Å². The van der Waals surface area contributed by atoms with Gasteiger partial charge in [-0.05, 0) is 55.0 Å². The van der Waals surface area contributed by atoms with Crippen LogP contribution in [0.4, 0.5) is 17.3 Å². The van der Waals surface area contributed by atoms with Gasteiger partial charge in [-0.25, -0.2) is 0 Å². The molecule has 1 amide bonds. The van der Waals surface area contributed by atoms with Gasteiger partial charge >= 0.3 is 0 Å². The molecule has 0 unspecified atom stereocenters. The van der Waals surface area contributed by atoms with Crippen LogP contribution < -0.4 is 20.1 Å². The Morgan fingerprint density at radius 2 is 1.78 bits per heavy atom. The highest BCUT2D eigenvalue weighted by molar-refractivity contribution is 6.30. The van der Waals surface area contributed by atoms with E-state index >= 15 is 0 Å². The zero-order valence-corrected chi connectivity index (χ0v) is 15.1. The standard InChI is InChI=1S/C19H15ClN4O3/c1-11-2-4-13(20)9-14(11)21-17-6-7-18(24-23-17)22-19(25)12-3-5-15-16(8-12)27-10-26-15/h2-9H,10H2,1H3,(H,21,23)(H,22,24,25). The molecule has 0 aliphatic carbocycles. The number of nitrogens with one attached hydrogen (secondary N) is 2. The highest BCUT2D eigenvalue weighted by atomic mass is 35.5. The van der Waals surface area contributed by atoms with Crippen molar-refractivity contribution in [2.24, 2.45) is 0 Å². The maximum Gasteiger partial charge on any atom is 0.257 e. The predicted molar refractivity (Wildman–Crippen MR) is 102 cm³/mol. The highest BCUT2D eigenvalue weighted by Crippen LogP contribution is 2.32. The molecule has 2 N–H and O–H groups in total. The van der Waals surface area contributed by atoms with Gasteiger partial charge in [0.25, 0.3) is 5.91 Å². The van der Waals surface area contributed by atoms with Crippen LogP contribution in [0.25, 0.3) is 0 Å². The van der Waals surface area contributed by atoms with Crippen LogP contribution in [-0.4, -0.2) is 22.9 Å². The van der Waals surface area contributed by atoms with Crippen molar-refractivity contribution < 1.29 is 14.3 Å². The summed E-state index contributed by atoms with van der Waals surface area (Å²) in [6, 6.07) is 13.9. The van der Waals surface area contributed by atoms with Gasteiger partial charge in [0, 0.05) is 16.3 Å². The second-order valence-corrected chi connectivity index (χ2v) is 6.35. The number of benzene rings is 2. The number of aryl methyl sites for hydroxylation is 1. The Kier molecular flexibility index (Phi) is 4.52. The zero-order valence-electron chi connectivity index (χ0n) is 14.3. The summed E-state index contributed by atoms with van der Waals surface area (Å²) < 4.78 is 10.5. The van der Waals surface area contributed by atoms with Crippen LogP contribution >= 0.6 is 11.6 Å². The number of aromatic nitrogens is 2. The monoisotopic (exact) mass is 382 g/mol. The number of amides is 1. The molecule has 1 aliphatic heterocycles. The van der Waals surface area contributed by atoms with Crippen molar-refractivity contribution in [3.8, 4) is 11.5 Å². The van der Waals surface area contributed by atoms with Crippen molar-refractivity contribution in [3.63, 3.8) is 0 Å². The number of ether oxygens (including phenoxy) is 2. The van der Waals surface area contributed by atoms with Crippen molar-refractivity contribution in [1.29, 1.82) is 0 Å². The molecular formula is C19H15ClN4O3. The lowest BCUT2D eigenvalue weighted by molar-refractivity contribution is 0.102. The molecule has 27 heavy (non-hydrogen) atoms. The predicted octanol–water partition coefficient (Wildman–Crippen LogP) is 4.16. The quantitative estimate of drug-likeness (QED) is 0.704. The molecule has 0 spiro atoms. The van der Waals surface area contributed by atoms with E-state index in [1.54, 1.807) is 30.3 Å². The molecule has 3 aromatic rings. The fourth-order valence-corrected chi connectivity index (χ4v) is 2.73. The first-order chi connectivity index (χ1) is 13.1. The Labute approximate surface area is 160 Å². The second-order valence-electron chi connectivity index (χ2n) is 5.91. The Morgan fingerprint density at radius 1 is 1.00 bits per heavy atom. The first kappa shape index (κ1) is 17.1. The summed E-state index contributed by atoms with van der Waals surface area (Å²) in [4.78, 5) is 12.4. The summed E-state index contributed by atoms with van der Waals surface area (Å²) in [6.07, 6.45) is 0. The van der Waals surface area contributed by atoms with Crippen molar-refractivity contribution >= 4 is 34.8 Å². The van der Waals surface area contributed by atoms with Crippen LogP contribution in [0.5, 0.6) is 11.5 Å². The van der Waals surface area contributed by atoms with E-state index in [2.05, 4.69) is 20.8 Å². The summed E-state index contributed by atoms with van der Waals surface area (Å²) in [5.41, 5.74) is 2.31. The fourth-order valence-electron chi connectivity index (χ4n) is 2.56. The van der Waals surface area contributed by atoms with E-state index in [9.17, 15) is 4.79 Å². The molecule has 2 aromatic carbocycles. The normalized spacial score (nSPS) is 11.9. The van der Waals surface area contributed by atoms with Gasteiger partial charge < -0.3 is 20.1 Å². The number of nitrogens with zero attached hydrogens (tertiary/aromatic N) is 2. The SMILES string of the molecule is Cc1ccc(Cl)cc1Nc1ccc(NC(=O)c2ccc3c(c2)OCO3)nn1. The Bertz CT molecular complexity index is 1010. The van der Waals surface area contributed by atoms with Gasteiger partial charge in [-0.3, -0.25) is 4.79 Å². The Balaban J connectivity index is 1.44. The van der Waals surface area contributed by atoms with E-state index in [-0.39, 0.29) is 12.7 Å². The summed E-state index contributed by atoms with van der Waals surface area (Å²) >= 11 is 6.02. The average molecular weight is 383 g/mol. The molecule has 0 radical (unpaired) electrons. The molecule has 0 bridgehead atoms. The topological polar surface area (TPSA) is 85.4 Å². The van der Waals surface area contributed by atoms with Gasteiger partial charge in [0.2, 0.25) is 6.79 Å². The van der Waals surface area contributed by atoms with Gasteiger partial charge in [-0.2, -0.15) is 0 Å². The molecule has 1 aromatic heterocycles. The number of rotatable bonds is 4. The highest BCUT2D eigenvalue weighted by Gasteiger charge is 2.16. The van der Waals surface area contributed by atoms with Crippen molar-refractivity contribution in [1.82, 2.24) is 10.2 Å². The number of hydrogen-bond acceptors (Lipinski definition) is 6. The lowest BCUT2D eigenvalue weighted by Crippen LogP contribution is -2.13. The molecule has 0 saturated carbocycles. The van der Waals surface area contributed by atoms with Gasteiger partial charge in [-0.15, -0.1) is 10.2 Å². The number of fused-ring (bicyclic) bond motifs is 1. The van der Waals surface area contributed by atoms with E-state index in [1.165, 1.54) is 0 Å². The van der Waals surface area contributed by atoms with Gasteiger partial charge in [-0.1, -0.05) is 17.7 Å². The third-order valence-corrected chi connectivity index (χ3v) is 4.24. The number of carbonyl (C=O) groups excluding carboxylic acids is 1. The lowest BCUT2D eigenvalue weighted by Gasteiger charge is -2.09. The third kappa shape index (κ3) is 3.78. The van der Waals surface area contributed by atoms with Crippen LogP contribution in [0.1, 0.15) is 15.9 Å². The van der Waals surface area contributed by atoms with Gasteiger partial charge in [0.05, 0.1) is 0 Å². The maximum atomic E-state index is 12.4. The van der Waals surface area contributed by atoms with Gasteiger partial charge in [0.15, 0.2) is 23.1 Å². The molecule has 136 valence electrons. The van der Waals surface area contributed by atoms with Crippen LogP contribution in [0.15, 0.2) is 48.5 Å². The molecular weight excluding hydrogens is 368 g/mol. The number of carbonyl (C=O) groups is 1. The first-order valence-corrected chi connectivity index (χ1v) is 8.54. The maximum absolute atomic E-state index is 12.4.